The highest BCUT2D eigenvalue weighted by atomic mass is 16.3. The number of phenols is 1. The Kier molecular flexibility index (Phi) is 2.82. The number of phenolic OH excluding ortho intramolecular Hbond substituents is 1. The minimum absolute atomic E-state index is 0.342. The van der Waals surface area contributed by atoms with Crippen molar-refractivity contribution < 1.29 is 5.11 Å². The summed E-state index contributed by atoms with van der Waals surface area (Å²) < 4.78 is 0. The first-order valence-electron chi connectivity index (χ1n) is 5.46. The summed E-state index contributed by atoms with van der Waals surface area (Å²) in [7, 11) is 2.07. The lowest BCUT2D eigenvalue weighted by molar-refractivity contribution is 0.473. The van der Waals surface area contributed by atoms with Gasteiger partial charge in [0.15, 0.2) is 0 Å². The van der Waals surface area contributed by atoms with Gasteiger partial charge >= 0.3 is 0 Å². The molecule has 0 spiro atoms. The van der Waals surface area contributed by atoms with Crippen molar-refractivity contribution >= 4 is 5.69 Å². The first-order valence-corrected chi connectivity index (χ1v) is 5.46. The van der Waals surface area contributed by atoms with E-state index in [-0.39, 0.29) is 0 Å². The van der Waals surface area contributed by atoms with Crippen molar-refractivity contribution in [3.63, 3.8) is 0 Å². The maximum absolute atomic E-state index is 9.47. The molecule has 0 fully saturated rings. The Balaban J connectivity index is 2.36. The van der Waals surface area contributed by atoms with Crippen LogP contribution in [0.2, 0.25) is 0 Å². The number of hydrogen-bond donors (Lipinski definition) is 2. The van der Waals surface area contributed by atoms with E-state index in [9.17, 15) is 5.11 Å². The summed E-state index contributed by atoms with van der Waals surface area (Å²) in [5.74, 6) is 0.899. The largest absolute Gasteiger partial charge is 0.508 e. The molecule has 15 heavy (non-hydrogen) atoms. The van der Waals surface area contributed by atoms with Gasteiger partial charge in [0.2, 0.25) is 0 Å². The van der Waals surface area contributed by atoms with Crippen molar-refractivity contribution in [1.82, 2.24) is 0 Å². The molecule has 0 radical (unpaired) electrons. The van der Waals surface area contributed by atoms with E-state index in [1.54, 1.807) is 6.07 Å². The number of hydrogen-bond acceptors (Lipinski definition) is 3. The van der Waals surface area contributed by atoms with E-state index in [1.807, 2.05) is 12.1 Å². The van der Waals surface area contributed by atoms with E-state index in [4.69, 9.17) is 5.73 Å². The Morgan fingerprint density at radius 2 is 2.33 bits per heavy atom. The van der Waals surface area contributed by atoms with Crippen LogP contribution < -0.4 is 10.6 Å². The molecule has 3 heteroatoms. The van der Waals surface area contributed by atoms with Gasteiger partial charge in [-0.3, -0.25) is 0 Å². The fourth-order valence-corrected chi connectivity index (χ4v) is 2.33. The van der Waals surface area contributed by atoms with E-state index < -0.39 is 0 Å². The fraction of sp³-hybridized carbons (Fsp3) is 0.500. The summed E-state index contributed by atoms with van der Waals surface area (Å²) in [4.78, 5) is 2.20. The van der Waals surface area contributed by atoms with E-state index in [0.29, 0.717) is 11.7 Å². The maximum Gasteiger partial charge on any atom is 0.117 e. The number of benzene rings is 1. The zero-order valence-corrected chi connectivity index (χ0v) is 9.11. The van der Waals surface area contributed by atoms with Gasteiger partial charge in [0, 0.05) is 25.3 Å². The van der Waals surface area contributed by atoms with Crippen LogP contribution in [0.3, 0.4) is 0 Å². The Bertz CT molecular complexity index is 351. The predicted molar refractivity (Wildman–Crippen MR) is 62.4 cm³/mol. The number of anilines is 1. The molecule has 0 saturated carbocycles. The minimum atomic E-state index is 0.342. The molecule has 1 unspecified atom stereocenters. The zero-order valence-electron chi connectivity index (χ0n) is 9.11. The van der Waals surface area contributed by atoms with Gasteiger partial charge < -0.3 is 15.7 Å². The molecule has 0 amide bonds. The molecular weight excluding hydrogens is 188 g/mol. The molecule has 3 N–H and O–H groups in total. The normalized spacial score (nSPS) is 20.1. The first kappa shape index (κ1) is 10.3. The number of aromatic hydroxyl groups is 1. The van der Waals surface area contributed by atoms with Gasteiger partial charge in [-0.2, -0.15) is 0 Å². The van der Waals surface area contributed by atoms with Crippen LogP contribution in [0.5, 0.6) is 5.75 Å². The molecule has 2 rings (SSSR count). The number of rotatable bonds is 2. The van der Waals surface area contributed by atoms with Gasteiger partial charge in [-0.15, -0.1) is 0 Å². The molecule has 82 valence electrons. The van der Waals surface area contributed by atoms with Crippen LogP contribution in [0.25, 0.3) is 0 Å². The fourth-order valence-electron chi connectivity index (χ4n) is 2.33. The van der Waals surface area contributed by atoms with Gasteiger partial charge in [-0.05, 0) is 36.9 Å². The summed E-state index contributed by atoms with van der Waals surface area (Å²) >= 11 is 0. The molecule has 0 bridgehead atoms. The van der Waals surface area contributed by atoms with Crippen molar-refractivity contribution in [3.05, 3.63) is 23.8 Å². The standard InChI is InChI=1S/C12H18N2O/c1-14-7-5-9(4-6-13)11-3-2-10(15)8-12(11)14/h2-3,8-9,15H,4-7,13H2,1H3. The van der Waals surface area contributed by atoms with E-state index in [2.05, 4.69) is 11.9 Å². The molecule has 1 aliphatic heterocycles. The van der Waals surface area contributed by atoms with Crippen LogP contribution in [0, 0.1) is 0 Å². The lowest BCUT2D eigenvalue weighted by Gasteiger charge is -2.33. The van der Waals surface area contributed by atoms with Crippen molar-refractivity contribution in [2.75, 3.05) is 25.0 Å². The highest BCUT2D eigenvalue weighted by Crippen LogP contribution is 2.37. The second-order valence-electron chi connectivity index (χ2n) is 4.23. The summed E-state index contributed by atoms with van der Waals surface area (Å²) in [6.45, 7) is 1.77. The Hall–Kier alpha value is -1.22. The van der Waals surface area contributed by atoms with Gasteiger partial charge in [0.1, 0.15) is 5.75 Å². The van der Waals surface area contributed by atoms with Crippen molar-refractivity contribution in [2.24, 2.45) is 5.73 Å². The van der Waals surface area contributed by atoms with E-state index >= 15 is 0 Å². The van der Waals surface area contributed by atoms with Crippen LogP contribution in [-0.2, 0) is 0 Å². The lowest BCUT2D eigenvalue weighted by Crippen LogP contribution is -2.28. The lowest BCUT2D eigenvalue weighted by atomic mass is 9.87. The predicted octanol–water partition coefficient (Wildman–Crippen LogP) is 1.66. The average Bonchev–Trinajstić information content (AvgIpc) is 2.23. The van der Waals surface area contributed by atoms with Crippen molar-refractivity contribution in [3.8, 4) is 5.75 Å². The van der Waals surface area contributed by atoms with Crippen LogP contribution >= 0.6 is 0 Å². The minimum Gasteiger partial charge on any atom is -0.508 e. The highest BCUT2D eigenvalue weighted by molar-refractivity contribution is 5.59. The molecule has 1 aliphatic rings. The van der Waals surface area contributed by atoms with Crippen LogP contribution in [0.15, 0.2) is 18.2 Å². The molecule has 1 heterocycles. The number of fused-ring (bicyclic) bond motifs is 1. The second kappa shape index (κ2) is 4.11. The summed E-state index contributed by atoms with van der Waals surface area (Å²) in [6, 6.07) is 5.64. The number of nitrogens with zero attached hydrogens (tertiary/aromatic N) is 1. The molecule has 1 aromatic carbocycles. The molecular formula is C12H18N2O. The third-order valence-corrected chi connectivity index (χ3v) is 3.19. The Labute approximate surface area is 90.5 Å². The summed E-state index contributed by atoms with van der Waals surface area (Å²) in [5, 5.41) is 9.47. The molecule has 3 nitrogen and oxygen atoms in total. The van der Waals surface area contributed by atoms with Crippen LogP contribution in [0.4, 0.5) is 5.69 Å². The van der Waals surface area contributed by atoms with Crippen LogP contribution in [-0.4, -0.2) is 25.2 Å². The number of nitrogens with two attached hydrogens (primary N) is 1. The quantitative estimate of drug-likeness (QED) is 0.773. The molecule has 1 atom stereocenters. The van der Waals surface area contributed by atoms with Crippen molar-refractivity contribution in [2.45, 2.75) is 18.8 Å². The van der Waals surface area contributed by atoms with Gasteiger partial charge in [0.25, 0.3) is 0 Å². The summed E-state index contributed by atoms with van der Waals surface area (Å²) in [5.41, 5.74) is 8.10. The third kappa shape index (κ3) is 1.92. The maximum atomic E-state index is 9.47. The SMILES string of the molecule is CN1CCC(CCN)c2ccc(O)cc21. The van der Waals surface area contributed by atoms with Gasteiger partial charge in [0.05, 0.1) is 0 Å². The van der Waals surface area contributed by atoms with Gasteiger partial charge in [-0.1, -0.05) is 6.07 Å². The molecule has 0 aliphatic carbocycles. The van der Waals surface area contributed by atoms with Crippen molar-refractivity contribution in [1.29, 1.82) is 0 Å². The summed E-state index contributed by atoms with van der Waals surface area (Å²) in [6.07, 6.45) is 2.19. The highest BCUT2D eigenvalue weighted by Gasteiger charge is 2.22. The Morgan fingerprint density at radius 1 is 1.53 bits per heavy atom. The topological polar surface area (TPSA) is 49.5 Å². The molecule has 0 saturated heterocycles. The average molecular weight is 206 g/mol. The third-order valence-electron chi connectivity index (χ3n) is 3.19. The van der Waals surface area contributed by atoms with Crippen LogP contribution in [0.1, 0.15) is 24.3 Å². The monoisotopic (exact) mass is 206 g/mol. The van der Waals surface area contributed by atoms with E-state index in [1.165, 1.54) is 5.56 Å². The first-order chi connectivity index (χ1) is 7.22. The Morgan fingerprint density at radius 3 is 3.07 bits per heavy atom. The molecule has 0 aromatic heterocycles. The zero-order chi connectivity index (χ0) is 10.8. The van der Waals surface area contributed by atoms with Gasteiger partial charge in [-0.25, -0.2) is 0 Å². The molecule has 1 aromatic rings. The second-order valence-corrected chi connectivity index (χ2v) is 4.23. The van der Waals surface area contributed by atoms with E-state index in [0.717, 1.165) is 31.6 Å². The smallest absolute Gasteiger partial charge is 0.117 e.